The van der Waals surface area contributed by atoms with Crippen LogP contribution in [0.1, 0.15) is 30.8 Å². The molecule has 3 nitrogen and oxygen atoms in total. The number of H-pyrrole nitrogens is 1. The molecule has 1 aromatic rings. The maximum absolute atomic E-state index is 12.2. The summed E-state index contributed by atoms with van der Waals surface area (Å²) in [7, 11) is 0. The zero-order chi connectivity index (χ0) is 10.8. The molecule has 1 heterocycles. The van der Waals surface area contributed by atoms with E-state index in [1.807, 2.05) is 0 Å². The van der Waals surface area contributed by atoms with Crippen LogP contribution in [0, 0.1) is 0 Å². The molecule has 6 heteroatoms. The van der Waals surface area contributed by atoms with Crippen LogP contribution in [0.2, 0.25) is 0 Å². The third-order valence-corrected chi connectivity index (χ3v) is 1.97. The van der Waals surface area contributed by atoms with Gasteiger partial charge in [0.25, 0.3) is 0 Å². The van der Waals surface area contributed by atoms with Gasteiger partial charge in [0.1, 0.15) is 11.5 Å². The van der Waals surface area contributed by atoms with Gasteiger partial charge in [-0.3, -0.25) is 0 Å². The van der Waals surface area contributed by atoms with E-state index in [-0.39, 0.29) is 5.92 Å². The Balaban J connectivity index is 2.78. The SMILES string of the molecule is CC(CCN)c1ncc(C(F)(F)F)[nH]1. The van der Waals surface area contributed by atoms with Gasteiger partial charge >= 0.3 is 6.18 Å². The summed E-state index contributed by atoms with van der Waals surface area (Å²) in [6.45, 7) is 2.22. The molecule has 0 saturated carbocycles. The standard InChI is InChI=1S/C8H12F3N3/c1-5(2-3-12)7-13-4-6(14-7)8(9,10)11/h4-5H,2-3,12H2,1H3,(H,13,14). The first-order valence-corrected chi connectivity index (χ1v) is 4.27. The monoisotopic (exact) mass is 207 g/mol. The molecule has 0 aliphatic carbocycles. The van der Waals surface area contributed by atoms with Crippen molar-refractivity contribution in [2.75, 3.05) is 6.54 Å². The third kappa shape index (κ3) is 2.47. The predicted molar refractivity (Wildman–Crippen MR) is 45.7 cm³/mol. The molecular formula is C8H12F3N3. The van der Waals surface area contributed by atoms with E-state index in [1.165, 1.54) is 0 Å². The fraction of sp³-hybridized carbons (Fsp3) is 0.625. The number of nitrogens with one attached hydrogen (secondary N) is 1. The summed E-state index contributed by atoms with van der Waals surface area (Å²) in [5.41, 5.74) is 4.49. The molecule has 0 amide bonds. The molecule has 1 unspecified atom stereocenters. The molecule has 3 N–H and O–H groups in total. The normalized spacial score (nSPS) is 14.4. The average Bonchev–Trinajstić information content (AvgIpc) is 2.51. The Labute approximate surface area is 79.5 Å². The summed E-state index contributed by atoms with van der Waals surface area (Å²) in [6, 6.07) is 0. The number of imidazole rings is 1. The molecule has 0 aromatic carbocycles. The Hall–Kier alpha value is -1.04. The van der Waals surface area contributed by atoms with Crippen LogP contribution in [0.15, 0.2) is 6.20 Å². The number of hydrogen-bond acceptors (Lipinski definition) is 2. The molecule has 0 spiro atoms. The van der Waals surface area contributed by atoms with E-state index in [0.717, 1.165) is 6.20 Å². The molecule has 0 aliphatic rings. The van der Waals surface area contributed by atoms with E-state index in [9.17, 15) is 13.2 Å². The fourth-order valence-electron chi connectivity index (χ4n) is 1.12. The zero-order valence-electron chi connectivity index (χ0n) is 7.73. The van der Waals surface area contributed by atoms with E-state index in [1.54, 1.807) is 6.92 Å². The molecule has 14 heavy (non-hydrogen) atoms. The maximum atomic E-state index is 12.2. The lowest BCUT2D eigenvalue weighted by molar-refractivity contribution is -0.140. The van der Waals surface area contributed by atoms with Crippen LogP contribution in [0.4, 0.5) is 13.2 Å². The highest BCUT2D eigenvalue weighted by atomic mass is 19.4. The number of rotatable bonds is 3. The van der Waals surface area contributed by atoms with Crippen LogP contribution in [-0.4, -0.2) is 16.5 Å². The molecule has 0 bridgehead atoms. The van der Waals surface area contributed by atoms with E-state index in [0.29, 0.717) is 18.8 Å². The van der Waals surface area contributed by atoms with Gasteiger partial charge in [0.15, 0.2) is 0 Å². The molecule has 1 aromatic heterocycles. The second-order valence-corrected chi connectivity index (χ2v) is 3.16. The van der Waals surface area contributed by atoms with Gasteiger partial charge in [-0.25, -0.2) is 4.98 Å². The van der Waals surface area contributed by atoms with Crippen molar-refractivity contribution in [3.05, 3.63) is 17.7 Å². The first-order valence-electron chi connectivity index (χ1n) is 4.27. The Morgan fingerprint density at radius 1 is 1.57 bits per heavy atom. The maximum Gasteiger partial charge on any atom is 0.432 e. The number of nitrogens with two attached hydrogens (primary N) is 1. The quantitative estimate of drug-likeness (QED) is 0.795. The van der Waals surface area contributed by atoms with Crippen molar-refractivity contribution in [3.8, 4) is 0 Å². The summed E-state index contributed by atoms with van der Waals surface area (Å²) in [4.78, 5) is 5.92. The highest BCUT2D eigenvalue weighted by Gasteiger charge is 2.33. The van der Waals surface area contributed by atoms with Gasteiger partial charge in [0.2, 0.25) is 0 Å². The van der Waals surface area contributed by atoms with Crippen LogP contribution < -0.4 is 5.73 Å². The third-order valence-electron chi connectivity index (χ3n) is 1.97. The minimum atomic E-state index is -4.35. The second kappa shape index (κ2) is 4.00. The predicted octanol–water partition coefficient (Wildman–Crippen LogP) is 1.88. The summed E-state index contributed by atoms with van der Waals surface area (Å²) in [6.07, 6.45) is -2.93. The van der Waals surface area contributed by atoms with E-state index in [2.05, 4.69) is 9.97 Å². The Morgan fingerprint density at radius 3 is 2.64 bits per heavy atom. The summed E-state index contributed by atoms with van der Waals surface area (Å²) < 4.78 is 36.5. The number of hydrogen-bond donors (Lipinski definition) is 2. The average molecular weight is 207 g/mol. The van der Waals surface area contributed by atoms with E-state index in [4.69, 9.17) is 5.73 Å². The number of aromatic amines is 1. The molecule has 0 aliphatic heterocycles. The first-order chi connectivity index (χ1) is 6.45. The van der Waals surface area contributed by atoms with Gasteiger partial charge in [-0.15, -0.1) is 0 Å². The Bertz CT molecular complexity index is 292. The highest BCUT2D eigenvalue weighted by Crippen LogP contribution is 2.28. The molecule has 1 atom stereocenters. The van der Waals surface area contributed by atoms with Crippen LogP contribution >= 0.6 is 0 Å². The van der Waals surface area contributed by atoms with Crippen molar-refractivity contribution in [1.29, 1.82) is 0 Å². The largest absolute Gasteiger partial charge is 0.432 e. The van der Waals surface area contributed by atoms with Gasteiger partial charge in [0, 0.05) is 5.92 Å². The molecular weight excluding hydrogens is 195 g/mol. The van der Waals surface area contributed by atoms with Crippen LogP contribution in [0.3, 0.4) is 0 Å². The summed E-state index contributed by atoms with van der Waals surface area (Å²) >= 11 is 0. The van der Waals surface area contributed by atoms with Crippen molar-refractivity contribution in [1.82, 2.24) is 9.97 Å². The second-order valence-electron chi connectivity index (χ2n) is 3.16. The number of aromatic nitrogens is 2. The topological polar surface area (TPSA) is 54.7 Å². The summed E-state index contributed by atoms with van der Waals surface area (Å²) in [5.74, 6) is 0.263. The van der Waals surface area contributed by atoms with Crippen molar-refractivity contribution in [2.24, 2.45) is 5.73 Å². The van der Waals surface area contributed by atoms with Gasteiger partial charge in [-0.1, -0.05) is 6.92 Å². The van der Waals surface area contributed by atoms with Gasteiger partial charge in [-0.05, 0) is 13.0 Å². The lowest BCUT2D eigenvalue weighted by atomic mass is 10.1. The van der Waals surface area contributed by atoms with Crippen LogP contribution in [0.5, 0.6) is 0 Å². The van der Waals surface area contributed by atoms with Crippen molar-refractivity contribution >= 4 is 0 Å². The molecule has 1 rings (SSSR count). The van der Waals surface area contributed by atoms with Crippen LogP contribution in [0.25, 0.3) is 0 Å². The molecule has 0 fully saturated rings. The summed E-state index contributed by atoms with van der Waals surface area (Å²) in [5, 5.41) is 0. The lowest BCUT2D eigenvalue weighted by Crippen LogP contribution is -2.08. The van der Waals surface area contributed by atoms with Gasteiger partial charge in [0.05, 0.1) is 6.20 Å². The lowest BCUT2D eigenvalue weighted by Gasteiger charge is -2.06. The van der Waals surface area contributed by atoms with E-state index < -0.39 is 11.9 Å². The Morgan fingerprint density at radius 2 is 2.21 bits per heavy atom. The van der Waals surface area contributed by atoms with Gasteiger partial charge < -0.3 is 10.7 Å². The minimum absolute atomic E-state index is 0.0731. The van der Waals surface area contributed by atoms with Gasteiger partial charge in [-0.2, -0.15) is 13.2 Å². The first kappa shape index (κ1) is 11.0. The zero-order valence-corrected chi connectivity index (χ0v) is 7.73. The number of nitrogens with zero attached hydrogens (tertiary/aromatic N) is 1. The fourth-order valence-corrected chi connectivity index (χ4v) is 1.12. The number of halogens is 3. The smallest absolute Gasteiger partial charge is 0.338 e. The molecule has 0 radical (unpaired) electrons. The number of alkyl halides is 3. The Kier molecular flexibility index (Phi) is 3.15. The molecule has 80 valence electrons. The van der Waals surface area contributed by atoms with E-state index >= 15 is 0 Å². The highest BCUT2D eigenvalue weighted by molar-refractivity contribution is 5.07. The van der Waals surface area contributed by atoms with Crippen molar-refractivity contribution < 1.29 is 13.2 Å². The van der Waals surface area contributed by atoms with Crippen molar-refractivity contribution in [3.63, 3.8) is 0 Å². The van der Waals surface area contributed by atoms with Crippen LogP contribution in [-0.2, 0) is 6.18 Å². The molecule has 0 saturated heterocycles. The minimum Gasteiger partial charge on any atom is -0.338 e. The van der Waals surface area contributed by atoms with Crippen molar-refractivity contribution in [2.45, 2.75) is 25.4 Å².